The molecule has 25 heavy (non-hydrogen) atoms. The molecule has 0 spiro atoms. The Morgan fingerprint density at radius 2 is 0.760 bits per heavy atom. The van der Waals surface area contributed by atoms with Crippen molar-refractivity contribution >= 4 is 27.4 Å². The van der Waals surface area contributed by atoms with Crippen LogP contribution in [0.5, 0.6) is 0 Å². The molecule has 3 aromatic heterocycles. The van der Waals surface area contributed by atoms with Crippen LogP contribution in [0.15, 0.2) is 91.8 Å². The molecule has 0 fully saturated rings. The van der Waals surface area contributed by atoms with Crippen molar-refractivity contribution in [2.24, 2.45) is 0 Å². The Hall–Kier alpha value is -1.68. The van der Waals surface area contributed by atoms with E-state index in [4.69, 9.17) is 11.8 Å². The maximum atomic E-state index is 8.91. The summed E-state index contributed by atoms with van der Waals surface area (Å²) < 4.78 is 26.7. The van der Waals surface area contributed by atoms with Gasteiger partial charge in [0.2, 0.25) is 0 Å². The Labute approximate surface area is 163 Å². The Balaban J connectivity index is -0.000000252. The van der Waals surface area contributed by atoms with Crippen LogP contribution in [0.4, 0.5) is 0 Å². The zero-order chi connectivity index (χ0) is 17.2. The number of hydrogen-bond acceptors (Lipinski definition) is 3. The van der Waals surface area contributed by atoms with Gasteiger partial charge in [0.25, 0.3) is 0 Å². The molecule has 0 aliphatic heterocycles. The van der Waals surface area contributed by atoms with Crippen molar-refractivity contribution in [3.63, 3.8) is 0 Å². The number of H-pyrrole nitrogens is 3. The number of pyridine rings is 3. The molecule has 0 unspecified atom stereocenters. The second-order valence-corrected chi connectivity index (χ2v) is 6.41. The summed E-state index contributed by atoms with van der Waals surface area (Å²) in [6, 6.07) is 17.6. The Bertz CT molecular complexity index is 518. The van der Waals surface area contributed by atoms with Crippen molar-refractivity contribution in [3.8, 4) is 0 Å². The van der Waals surface area contributed by atoms with Crippen LogP contribution in [0, 0.1) is 0 Å². The Morgan fingerprint density at radius 1 is 0.600 bits per heavy atom. The SMILES string of the molecule is [Al].[O-2].[O]=[Cr](=[O])([O-])[Cl].c1cc[nH+]cc1.c1cc[nH+]cc1.c1cc[nH+]cc1. The molecule has 0 saturated heterocycles. The van der Waals surface area contributed by atoms with E-state index in [1.807, 2.05) is 91.8 Å². The van der Waals surface area contributed by atoms with Crippen LogP contribution >= 0.6 is 10.0 Å². The molecule has 133 valence electrons. The van der Waals surface area contributed by atoms with Crippen LogP contribution in [-0.4, -0.2) is 17.4 Å². The number of aromatic amines is 3. The third kappa shape index (κ3) is 34.6. The molecule has 3 rings (SSSR count). The Morgan fingerprint density at radius 3 is 0.800 bits per heavy atom. The fraction of sp³-hybridized carbons (Fsp3) is 0. The first-order valence-corrected chi connectivity index (χ1v) is 9.70. The van der Waals surface area contributed by atoms with Gasteiger partial charge >= 0.3 is 34.2 Å². The maximum Gasteiger partial charge on any atom is 0.166 e. The molecule has 3 heterocycles. The van der Waals surface area contributed by atoms with Crippen molar-refractivity contribution in [3.05, 3.63) is 91.8 Å². The van der Waals surface area contributed by atoms with Gasteiger partial charge in [-0.3, -0.25) is 0 Å². The predicted octanol–water partition coefficient (Wildman–Crippen LogP) is 0.263. The minimum atomic E-state index is -5.03. The van der Waals surface area contributed by atoms with Crippen LogP contribution in [0.3, 0.4) is 0 Å². The number of hydrogen-bond donors (Lipinski definition) is 0. The van der Waals surface area contributed by atoms with Gasteiger partial charge in [-0.25, -0.2) is 15.0 Å². The van der Waals surface area contributed by atoms with E-state index in [0.29, 0.717) is 0 Å². The Kier molecular flexibility index (Phi) is 22.9. The summed E-state index contributed by atoms with van der Waals surface area (Å²) in [4.78, 5) is 8.68. The van der Waals surface area contributed by atoms with Crippen LogP contribution < -0.4 is 19.1 Å². The van der Waals surface area contributed by atoms with Gasteiger partial charge < -0.3 is 5.48 Å². The minimum absolute atomic E-state index is 0. The smallest absolute Gasteiger partial charge is 0.166 e. The third-order valence-electron chi connectivity index (χ3n) is 1.82. The molecule has 0 saturated carbocycles. The normalized spacial score (nSPS) is 8.08. The monoisotopic (exact) mass is 418 g/mol. The second-order valence-electron chi connectivity index (χ2n) is 3.63. The van der Waals surface area contributed by atoms with E-state index in [2.05, 4.69) is 25.0 Å². The van der Waals surface area contributed by atoms with E-state index in [0.717, 1.165) is 0 Å². The largest absolute Gasteiger partial charge is 0.218 e. The van der Waals surface area contributed by atoms with Crippen LogP contribution in [0.2, 0.25) is 0 Å². The van der Waals surface area contributed by atoms with Crippen LogP contribution in [-0.2, 0) is 25.4 Å². The maximum absolute atomic E-state index is 8.91. The first-order valence-electron chi connectivity index (χ1n) is 6.39. The fourth-order valence-corrected chi connectivity index (χ4v) is 1.03. The van der Waals surface area contributed by atoms with Crippen LogP contribution in [0.25, 0.3) is 0 Å². The van der Waals surface area contributed by atoms with Gasteiger partial charge in [-0.2, -0.15) is 0 Å². The molecule has 3 aromatic rings. The van der Waals surface area contributed by atoms with Gasteiger partial charge in [0.1, 0.15) is 0 Å². The van der Waals surface area contributed by atoms with E-state index in [1.165, 1.54) is 0 Å². The molecular formula is C15H18AlClCrN3O4. The molecule has 3 radical (unpaired) electrons. The van der Waals surface area contributed by atoms with Crippen molar-refractivity contribution < 1.29 is 44.6 Å². The molecule has 0 bridgehead atoms. The van der Waals surface area contributed by atoms with Crippen molar-refractivity contribution in [2.45, 2.75) is 0 Å². The molecule has 0 atom stereocenters. The van der Waals surface area contributed by atoms with Crippen LogP contribution in [0.1, 0.15) is 0 Å². The number of rotatable bonds is 0. The average Bonchev–Trinajstić information content (AvgIpc) is 2.59. The summed E-state index contributed by atoms with van der Waals surface area (Å²) in [6.07, 6.45) is 11.2. The molecule has 10 heteroatoms. The summed E-state index contributed by atoms with van der Waals surface area (Å²) in [6.45, 7) is 0. The van der Waals surface area contributed by atoms with Gasteiger partial charge in [0.05, 0.1) is 0 Å². The van der Waals surface area contributed by atoms with E-state index in [9.17, 15) is 0 Å². The quantitative estimate of drug-likeness (QED) is 0.486. The van der Waals surface area contributed by atoms with E-state index in [1.54, 1.807) is 0 Å². The number of aromatic nitrogens is 3. The topological polar surface area (TPSA) is 128 Å². The third-order valence-corrected chi connectivity index (χ3v) is 1.82. The van der Waals surface area contributed by atoms with Gasteiger partial charge in [-0.05, 0) is 0 Å². The molecule has 3 N–H and O–H groups in total. The zero-order valence-electron chi connectivity index (χ0n) is 13.2. The van der Waals surface area contributed by atoms with Gasteiger partial charge in [0.15, 0.2) is 37.2 Å². The van der Waals surface area contributed by atoms with Crippen molar-refractivity contribution in [1.82, 2.24) is 0 Å². The molecule has 0 amide bonds. The summed E-state index contributed by atoms with van der Waals surface area (Å²) in [5.41, 5.74) is 0. The molecule has 0 aliphatic carbocycles. The van der Waals surface area contributed by atoms with Gasteiger partial charge in [-0.15, -0.1) is 0 Å². The van der Waals surface area contributed by atoms with E-state index < -0.39 is 12.4 Å². The molecule has 0 aliphatic rings. The van der Waals surface area contributed by atoms with Gasteiger partial charge in [-0.1, -0.05) is 18.2 Å². The minimum Gasteiger partial charge on any atom is -0.218 e. The summed E-state index contributed by atoms with van der Waals surface area (Å²) >= 11 is -5.03. The number of nitrogens with one attached hydrogen (secondary N) is 3. The first-order chi connectivity index (χ1) is 11.0. The fourth-order valence-electron chi connectivity index (χ4n) is 1.03. The standard InChI is InChI=1S/3C5H5N.Al.ClH.Cr.4O/c3*1-2-4-6-5-3-1;;;;;;;/h3*1-5H;;1H;;;;;/q;;;;;+1;;;-2;-1/p+2. The van der Waals surface area contributed by atoms with E-state index in [-0.39, 0.29) is 22.8 Å². The summed E-state index contributed by atoms with van der Waals surface area (Å²) in [7, 11) is 4.02. The van der Waals surface area contributed by atoms with Crippen molar-refractivity contribution in [1.29, 1.82) is 0 Å². The predicted molar refractivity (Wildman–Crippen MR) is 82.7 cm³/mol. The molecule has 0 aromatic carbocycles. The van der Waals surface area contributed by atoms with Gasteiger partial charge in [0, 0.05) is 53.8 Å². The molecule has 7 nitrogen and oxygen atoms in total. The molecular weight excluding hydrogens is 401 g/mol. The number of halogens is 1. The summed E-state index contributed by atoms with van der Waals surface area (Å²) in [5, 5.41) is 0. The average molecular weight is 419 g/mol. The first kappa shape index (κ1) is 28.1. The zero-order valence-corrected chi connectivity index (χ0v) is 16.3. The second kappa shape index (κ2) is 20.4. The van der Waals surface area contributed by atoms with E-state index >= 15 is 0 Å². The summed E-state index contributed by atoms with van der Waals surface area (Å²) in [5.74, 6) is 0. The van der Waals surface area contributed by atoms with Crippen molar-refractivity contribution in [2.75, 3.05) is 0 Å².